The van der Waals surface area contributed by atoms with Crippen molar-refractivity contribution in [1.82, 2.24) is 14.5 Å². The maximum absolute atomic E-state index is 12.8. The van der Waals surface area contributed by atoms with E-state index in [4.69, 9.17) is 11.6 Å². The molecule has 0 unspecified atom stereocenters. The third-order valence-electron chi connectivity index (χ3n) is 4.45. The zero-order valence-electron chi connectivity index (χ0n) is 12.6. The molecule has 1 fully saturated rings. The quantitative estimate of drug-likeness (QED) is 0.650. The van der Waals surface area contributed by atoms with Crippen LogP contribution in [0, 0.1) is 5.92 Å². The Hall–Kier alpha value is -1.93. The van der Waals surface area contributed by atoms with Crippen LogP contribution in [-0.2, 0) is 0 Å². The molecule has 1 saturated carbocycles. The number of alkyl halides is 3. The van der Waals surface area contributed by atoms with Gasteiger partial charge in [0.1, 0.15) is 5.82 Å². The Kier molecular flexibility index (Phi) is 3.84. The van der Waals surface area contributed by atoms with Crippen molar-refractivity contribution >= 4 is 33.3 Å². The molecule has 130 valence electrons. The average Bonchev–Trinajstić information content (AvgIpc) is 2.95. The number of nitrogens with zero attached hydrogens (tertiary/aromatic N) is 3. The Labute approximate surface area is 148 Å². The number of benzene rings is 1. The standard InChI is InChI=1S/C16H11ClF3N3OS/c17-10-1-3-11(4-2-10)23-13(8-5-9(6-8)16(18,19)20)22-14-12(15(23)24)21-7-25-14/h1-4,7-9H,5-6H2/t8-,9+. The Balaban J connectivity index is 1.84. The molecule has 9 heteroatoms. The van der Waals surface area contributed by atoms with E-state index in [2.05, 4.69) is 9.97 Å². The molecular weight excluding hydrogens is 375 g/mol. The first-order chi connectivity index (χ1) is 11.8. The summed E-state index contributed by atoms with van der Waals surface area (Å²) in [5, 5.41) is 0.502. The summed E-state index contributed by atoms with van der Waals surface area (Å²) in [6, 6.07) is 6.54. The highest BCUT2D eigenvalue weighted by Gasteiger charge is 2.49. The second-order valence-corrected chi connectivity index (χ2v) is 7.27. The van der Waals surface area contributed by atoms with Crippen LogP contribution >= 0.6 is 22.9 Å². The van der Waals surface area contributed by atoms with Gasteiger partial charge in [-0.15, -0.1) is 11.3 Å². The molecule has 3 aromatic rings. The highest BCUT2D eigenvalue weighted by Crippen LogP contribution is 2.49. The minimum atomic E-state index is -4.21. The second-order valence-electron chi connectivity index (χ2n) is 6.00. The smallest absolute Gasteiger partial charge is 0.266 e. The highest BCUT2D eigenvalue weighted by atomic mass is 35.5. The van der Waals surface area contributed by atoms with Gasteiger partial charge in [0.05, 0.1) is 17.1 Å². The largest absolute Gasteiger partial charge is 0.391 e. The summed E-state index contributed by atoms with van der Waals surface area (Å²) in [7, 11) is 0. The number of rotatable bonds is 2. The molecule has 0 amide bonds. The summed E-state index contributed by atoms with van der Waals surface area (Å²) in [5.41, 5.74) is 1.87. The monoisotopic (exact) mass is 385 g/mol. The summed E-state index contributed by atoms with van der Waals surface area (Å²) in [6.07, 6.45) is -4.34. The third-order valence-corrected chi connectivity index (χ3v) is 5.42. The molecule has 4 nitrogen and oxygen atoms in total. The average molecular weight is 386 g/mol. The topological polar surface area (TPSA) is 47.8 Å². The van der Waals surface area contributed by atoms with E-state index in [1.165, 1.54) is 21.4 Å². The zero-order valence-corrected chi connectivity index (χ0v) is 14.2. The third kappa shape index (κ3) is 2.83. The van der Waals surface area contributed by atoms with Gasteiger partial charge in [-0.1, -0.05) is 11.6 Å². The SMILES string of the molecule is O=c1c2ncsc2nc([C@H]2C[C@@H](C(F)(F)F)C2)n1-c1ccc(Cl)cc1. The van der Waals surface area contributed by atoms with Crippen molar-refractivity contribution < 1.29 is 13.2 Å². The van der Waals surface area contributed by atoms with Gasteiger partial charge in [0.25, 0.3) is 5.56 Å². The summed E-state index contributed by atoms with van der Waals surface area (Å²) < 4.78 is 39.8. The van der Waals surface area contributed by atoms with Crippen molar-refractivity contribution in [2.45, 2.75) is 24.9 Å². The van der Waals surface area contributed by atoms with Crippen LogP contribution in [0.3, 0.4) is 0 Å². The summed E-state index contributed by atoms with van der Waals surface area (Å²) in [5.74, 6) is -1.41. The Morgan fingerprint density at radius 1 is 1.20 bits per heavy atom. The molecule has 2 aromatic heterocycles. The minimum absolute atomic E-state index is 0.0617. The molecule has 0 aliphatic heterocycles. The summed E-state index contributed by atoms with van der Waals surface area (Å²) >= 11 is 7.09. The lowest BCUT2D eigenvalue weighted by molar-refractivity contribution is -0.198. The lowest BCUT2D eigenvalue weighted by Crippen LogP contribution is -2.37. The molecule has 0 spiro atoms. The van der Waals surface area contributed by atoms with E-state index in [9.17, 15) is 18.0 Å². The fourth-order valence-electron chi connectivity index (χ4n) is 3.04. The minimum Gasteiger partial charge on any atom is -0.266 e. The van der Waals surface area contributed by atoms with Crippen LogP contribution in [0.1, 0.15) is 24.6 Å². The number of fused-ring (bicyclic) bond motifs is 1. The maximum atomic E-state index is 12.8. The second kappa shape index (κ2) is 5.81. The van der Waals surface area contributed by atoms with Gasteiger partial charge < -0.3 is 0 Å². The van der Waals surface area contributed by atoms with E-state index < -0.39 is 18.0 Å². The fourth-order valence-corrected chi connectivity index (χ4v) is 3.82. The van der Waals surface area contributed by atoms with Crippen LogP contribution in [0.2, 0.25) is 5.02 Å². The van der Waals surface area contributed by atoms with Crippen LogP contribution in [0.25, 0.3) is 16.0 Å². The van der Waals surface area contributed by atoms with Gasteiger partial charge >= 0.3 is 6.18 Å². The molecule has 0 radical (unpaired) electrons. The number of thiazole rings is 1. The molecule has 1 aromatic carbocycles. The summed E-state index contributed by atoms with van der Waals surface area (Å²) in [6.45, 7) is 0. The first-order valence-corrected chi connectivity index (χ1v) is 8.79. The van der Waals surface area contributed by atoms with Crippen molar-refractivity contribution in [2.24, 2.45) is 5.92 Å². The van der Waals surface area contributed by atoms with Gasteiger partial charge in [0.2, 0.25) is 0 Å². The van der Waals surface area contributed by atoms with Crippen LogP contribution in [0.5, 0.6) is 0 Å². The normalized spacial score (nSPS) is 20.6. The van der Waals surface area contributed by atoms with Gasteiger partial charge in [-0.3, -0.25) is 9.36 Å². The van der Waals surface area contributed by atoms with E-state index in [0.717, 1.165) is 0 Å². The molecule has 1 aliphatic carbocycles. The number of aromatic nitrogens is 3. The number of hydrogen-bond acceptors (Lipinski definition) is 4. The molecule has 1 aliphatic rings. The van der Waals surface area contributed by atoms with Gasteiger partial charge in [0.15, 0.2) is 10.3 Å². The van der Waals surface area contributed by atoms with E-state index >= 15 is 0 Å². The van der Waals surface area contributed by atoms with Crippen molar-refractivity contribution in [2.75, 3.05) is 0 Å². The molecule has 2 heterocycles. The molecule has 4 rings (SSSR count). The molecule has 0 saturated heterocycles. The number of hydrogen-bond donors (Lipinski definition) is 0. The predicted molar refractivity (Wildman–Crippen MR) is 89.5 cm³/mol. The zero-order chi connectivity index (χ0) is 17.8. The van der Waals surface area contributed by atoms with Crippen molar-refractivity contribution in [1.29, 1.82) is 0 Å². The predicted octanol–water partition coefficient (Wildman–Crippen LogP) is 4.55. The first kappa shape index (κ1) is 16.5. The van der Waals surface area contributed by atoms with Crippen LogP contribution < -0.4 is 5.56 Å². The molecule has 0 bridgehead atoms. The van der Waals surface area contributed by atoms with E-state index in [1.807, 2.05) is 0 Å². The van der Waals surface area contributed by atoms with Crippen molar-refractivity contribution in [3.05, 3.63) is 51.0 Å². The first-order valence-electron chi connectivity index (χ1n) is 7.53. The lowest BCUT2D eigenvalue weighted by atomic mass is 9.74. The van der Waals surface area contributed by atoms with E-state index in [-0.39, 0.29) is 23.9 Å². The van der Waals surface area contributed by atoms with Gasteiger partial charge in [-0.05, 0) is 37.1 Å². The van der Waals surface area contributed by atoms with Gasteiger partial charge in [0, 0.05) is 10.9 Å². The van der Waals surface area contributed by atoms with Gasteiger partial charge in [-0.2, -0.15) is 13.2 Å². The highest BCUT2D eigenvalue weighted by molar-refractivity contribution is 7.16. The molecular formula is C16H11ClF3N3OS. The van der Waals surface area contributed by atoms with Crippen molar-refractivity contribution in [3.8, 4) is 5.69 Å². The maximum Gasteiger partial charge on any atom is 0.391 e. The number of halogens is 4. The van der Waals surface area contributed by atoms with E-state index in [1.54, 1.807) is 24.3 Å². The Bertz CT molecular complexity index is 991. The lowest BCUT2D eigenvalue weighted by Gasteiger charge is -2.36. The van der Waals surface area contributed by atoms with Crippen molar-refractivity contribution in [3.63, 3.8) is 0 Å². The molecule has 0 N–H and O–H groups in total. The van der Waals surface area contributed by atoms with Gasteiger partial charge in [-0.25, -0.2) is 9.97 Å². The molecule has 25 heavy (non-hydrogen) atoms. The summed E-state index contributed by atoms with van der Waals surface area (Å²) in [4.78, 5) is 21.8. The Morgan fingerprint density at radius 3 is 2.52 bits per heavy atom. The van der Waals surface area contributed by atoms with Crippen LogP contribution in [0.15, 0.2) is 34.6 Å². The fraction of sp³-hybridized carbons (Fsp3) is 0.312. The Morgan fingerprint density at radius 2 is 1.88 bits per heavy atom. The van der Waals surface area contributed by atoms with Crippen LogP contribution in [0.4, 0.5) is 13.2 Å². The van der Waals surface area contributed by atoms with Crippen LogP contribution in [-0.4, -0.2) is 20.7 Å². The molecule has 0 atom stereocenters. The van der Waals surface area contributed by atoms with E-state index in [0.29, 0.717) is 21.4 Å².